The zero-order chi connectivity index (χ0) is 12.0. The van der Waals surface area contributed by atoms with Crippen molar-refractivity contribution >= 4 is 11.6 Å². The van der Waals surface area contributed by atoms with Crippen LogP contribution in [0.15, 0.2) is 0 Å². The summed E-state index contributed by atoms with van der Waals surface area (Å²) >= 11 is 0. The normalized spacial score (nSPS) is 20.4. The first-order chi connectivity index (χ1) is 7.61. The summed E-state index contributed by atoms with van der Waals surface area (Å²) in [7, 11) is 0. The molecule has 0 radical (unpaired) electrons. The van der Waals surface area contributed by atoms with E-state index in [-0.39, 0.29) is 17.1 Å². The second-order valence-corrected chi connectivity index (χ2v) is 5.18. The monoisotopic (exact) mass is 280 g/mol. The minimum atomic E-state index is 0. The smallest absolute Gasteiger partial charge is 0.132 e. The maximum atomic E-state index is 10.6. The summed E-state index contributed by atoms with van der Waals surface area (Å²) in [4.78, 5) is 21.3. The van der Waals surface area contributed by atoms with Crippen molar-refractivity contribution in [3.8, 4) is 0 Å². The van der Waals surface area contributed by atoms with Crippen molar-refractivity contribution in [2.24, 2.45) is 11.8 Å². The van der Waals surface area contributed by atoms with E-state index in [1.54, 1.807) is 13.8 Å². The van der Waals surface area contributed by atoms with Gasteiger partial charge in [-0.25, -0.2) is 0 Å². The van der Waals surface area contributed by atoms with Gasteiger partial charge in [-0.15, -0.1) is 0 Å². The Bertz CT molecular complexity index is 213. The second-order valence-electron chi connectivity index (χ2n) is 5.18. The zero-order valence-corrected chi connectivity index (χ0v) is 12.1. The fourth-order valence-electron chi connectivity index (χ4n) is 2.66. The van der Waals surface area contributed by atoms with Crippen molar-refractivity contribution in [1.82, 2.24) is 0 Å². The van der Waals surface area contributed by atoms with Crippen molar-refractivity contribution in [3.63, 3.8) is 0 Å². The van der Waals surface area contributed by atoms with E-state index in [9.17, 15) is 9.59 Å². The topological polar surface area (TPSA) is 34.1 Å². The third-order valence-corrected chi connectivity index (χ3v) is 3.86. The molecule has 2 saturated carbocycles. The van der Waals surface area contributed by atoms with Gasteiger partial charge in [0.05, 0.1) is 0 Å². The first-order valence-corrected chi connectivity index (χ1v) is 6.62. The fraction of sp³-hybridized carbons (Fsp3) is 0.857. The Labute approximate surface area is 115 Å². The third kappa shape index (κ3) is 6.38. The minimum Gasteiger partial charge on any atom is -0.300 e. The van der Waals surface area contributed by atoms with Crippen molar-refractivity contribution in [2.45, 2.75) is 65.2 Å². The van der Waals surface area contributed by atoms with E-state index in [1.807, 2.05) is 0 Å². The predicted molar refractivity (Wildman–Crippen MR) is 65.3 cm³/mol. The van der Waals surface area contributed by atoms with Crippen LogP contribution >= 0.6 is 0 Å². The maximum absolute atomic E-state index is 10.6. The third-order valence-electron chi connectivity index (χ3n) is 3.86. The molecule has 0 heterocycles. The van der Waals surface area contributed by atoms with E-state index in [1.165, 1.54) is 25.7 Å². The minimum absolute atomic E-state index is 0. The fourth-order valence-corrected chi connectivity index (χ4v) is 2.66. The van der Waals surface area contributed by atoms with E-state index >= 15 is 0 Å². The van der Waals surface area contributed by atoms with Crippen LogP contribution in [-0.2, 0) is 26.7 Å². The summed E-state index contributed by atoms with van der Waals surface area (Å²) < 4.78 is 0. The summed E-state index contributed by atoms with van der Waals surface area (Å²) in [6.45, 7) is 3.41. The van der Waals surface area contributed by atoms with Gasteiger partial charge >= 0.3 is 0 Å². The molecule has 2 aliphatic carbocycles. The molecule has 2 fully saturated rings. The average Bonchev–Trinajstić information content (AvgIpc) is 2.93. The van der Waals surface area contributed by atoms with E-state index in [0.717, 1.165) is 25.7 Å². The molecular weight excluding hydrogens is 256 g/mol. The van der Waals surface area contributed by atoms with Crippen molar-refractivity contribution in [2.75, 3.05) is 0 Å². The molecule has 0 amide bonds. The van der Waals surface area contributed by atoms with Crippen LogP contribution in [0.5, 0.6) is 0 Å². The van der Waals surface area contributed by atoms with Crippen LogP contribution in [-0.4, -0.2) is 11.6 Å². The summed E-state index contributed by atoms with van der Waals surface area (Å²) in [6, 6.07) is 0. The number of hydrogen-bond acceptors (Lipinski definition) is 2. The van der Waals surface area contributed by atoms with Crippen LogP contribution in [0.1, 0.15) is 65.2 Å². The van der Waals surface area contributed by atoms with Crippen LogP contribution in [0.4, 0.5) is 0 Å². The molecule has 0 bridgehead atoms. The molecule has 0 aromatic heterocycles. The Morgan fingerprint density at radius 3 is 1.06 bits per heavy atom. The van der Waals surface area contributed by atoms with Crippen LogP contribution in [0.2, 0.25) is 0 Å². The largest absolute Gasteiger partial charge is 0.300 e. The Morgan fingerprint density at radius 2 is 0.941 bits per heavy atom. The van der Waals surface area contributed by atoms with E-state index in [2.05, 4.69) is 0 Å². The van der Waals surface area contributed by atoms with Gasteiger partial charge in [0.1, 0.15) is 11.6 Å². The van der Waals surface area contributed by atoms with Gasteiger partial charge < -0.3 is 0 Å². The van der Waals surface area contributed by atoms with Crippen molar-refractivity contribution < 1.29 is 26.7 Å². The number of carbonyl (C=O) groups is 2. The SMILES string of the molecule is CC(=O)C1CCCC1.CC(=O)C1CCCC1.[Fe]. The molecule has 2 aliphatic rings. The molecule has 2 nitrogen and oxygen atoms in total. The van der Waals surface area contributed by atoms with Gasteiger partial charge in [0.15, 0.2) is 0 Å². The quantitative estimate of drug-likeness (QED) is 0.725. The molecule has 2 rings (SSSR count). The van der Waals surface area contributed by atoms with Gasteiger partial charge in [-0.3, -0.25) is 9.59 Å². The summed E-state index contributed by atoms with van der Waals surface area (Å²) in [6.07, 6.45) is 9.66. The maximum Gasteiger partial charge on any atom is 0.132 e. The molecule has 0 aromatic rings. The Balaban J connectivity index is 0.000000284. The van der Waals surface area contributed by atoms with Crippen LogP contribution in [0.3, 0.4) is 0 Å². The molecule has 0 saturated heterocycles. The summed E-state index contributed by atoms with van der Waals surface area (Å²) in [5, 5.41) is 0. The number of ketones is 2. The average molecular weight is 280 g/mol. The predicted octanol–water partition coefficient (Wildman–Crippen LogP) is 3.53. The van der Waals surface area contributed by atoms with Crippen molar-refractivity contribution in [1.29, 1.82) is 0 Å². The number of rotatable bonds is 2. The van der Waals surface area contributed by atoms with Crippen molar-refractivity contribution in [3.05, 3.63) is 0 Å². The van der Waals surface area contributed by atoms with E-state index < -0.39 is 0 Å². The van der Waals surface area contributed by atoms with Gasteiger partial charge in [-0.1, -0.05) is 25.7 Å². The summed E-state index contributed by atoms with van der Waals surface area (Å²) in [5.41, 5.74) is 0. The van der Waals surface area contributed by atoms with Gasteiger partial charge in [-0.2, -0.15) is 0 Å². The Morgan fingerprint density at radius 1 is 0.706 bits per heavy atom. The second kappa shape index (κ2) is 8.88. The van der Waals surface area contributed by atoms with E-state index in [0.29, 0.717) is 23.4 Å². The first kappa shape index (κ1) is 16.9. The molecule has 3 heteroatoms. The summed E-state index contributed by atoms with van der Waals surface area (Å²) in [5.74, 6) is 1.63. The van der Waals surface area contributed by atoms with Gasteiger partial charge in [0.25, 0.3) is 0 Å². The molecule has 17 heavy (non-hydrogen) atoms. The van der Waals surface area contributed by atoms with E-state index in [4.69, 9.17) is 0 Å². The van der Waals surface area contributed by atoms with Crippen LogP contribution in [0.25, 0.3) is 0 Å². The standard InChI is InChI=1S/2C7H12O.Fe/c2*1-6(8)7-4-2-3-5-7;/h2*7H,2-5H2,1H3;. The molecular formula is C14H24FeO2. The van der Waals surface area contributed by atoms with Gasteiger partial charge in [-0.05, 0) is 39.5 Å². The number of hydrogen-bond donors (Lipinski definition) is 0. The number of Topliss-reactive ketones (excluding diaryl/α,β-unsaturated/α-hetero) is 2. The molecule has 0 N–H and O–H groups in total. The van der Waals surface area contributed by atoms with Gasteiger partial charge in [0.2, 0.25) is 0 Å². The molecule has 0 atom stereocenters. The molecule has 0 aromatic carbocycles. The number of carbonyl (C=O) groups excluding carboxylic acids is 2. The molecule has 0 aliphatic heterocycles. The molecule has 0 spiro atoms. The Hall–Kier alpha value is -0.141. The van der Waals surface area contributed by atoms with Crippen LogP contribution < -0.4 is 0 Å². The Kier molecular flexibility index (Phi) is 8.81. The van der Waals surface area contributed by atoms with Gasteiger partial charge in [0, 0.05) is 28.9 Å². The zero-order valence-electron chi connectivity index (χ0n) is 11.0. The molecule has 100 valence electrons. The molecule has 0 unspecified atom stereocenters. The van der Waals surface area contributed by atoms with Crippen LogP contribution in [0, 0.1) is 11.8 Å². The first-order valence-electron chi connectivity index (χ1n) is 6.62.